The van der Waals surface area contributed by atoms with Crippen LogP contribution in [0.2, 0.25) is 0 Å². The van der Waals surface area contributed by atoms with Crippen LogP contribution in [0.1, 0.15) is 26.7 Å². The molecule has 2 rings (SSSR count). The molecule has 0 aliphatic carbocycles. The fourth-order valence-electron chi connectivity index (χ4n) is 2.69. The number of hydrogen-bond acceptors (Lipinski definition) is 4. The molecule has 20 heavy (non-hydrogen) atoms. The highest BCUT2D eigenvalue weighted by molar-refractivity contribution is 5.55. The monoisotopic (exact) mass is 278 g/mol. The van der Waals surface area contributed by atoms with E-state index < -0.39 is 0 Å². The van der Waals surface area contributed by atoms with Gasteiger partial charge in [-0.05, 0) is 45.9 Å². The van der Waals surface area contributed by atoms with Gasteiger partial charge in [0.2, 0.25) is 0 Å². The molecule has 4 nitrogen and oxygen atoms in total. The average molecular weight is 278 g/mol. The van der Waals surface area contributed by atoms with E-state index in [4.69, 9.17) is 9.47 Å². The molecule has 1 N–H and O–H groups in total. The summed E-state index contributed by atoms with van der Waals surface area (Å²) in [5.74, 6) is 1.59. The largest absolute Gasteiger partial charge is 0.493 e. The van der Waals surface area contributed by atoms with Crippen LogP contribution in [0.5, 0.6) is 11.5 Å². The first kappa shape index (κ1) is 15.0. The number of benzene rings is 1. The highest BCUT2D eigenvalue weighted by Crippen LogP contribution is 2.31. The molecule has 0 bridgehead atoms. The Morgan fingerprint density at radius 2 is 2.15 bits per heavy atom. The van der Waals surface area contributed by atoms with Crippen LogP contribution >= 0.6 is 0 Å². The van der Waals surface area contributed by atoms with Crippen LogP contribution in [-0.4, -0.2) is 44.3 Å². The Kier molecular flexibility index (Phi) is 5.12. The van der Waals surface area contributed by atoms with E-state index >= 15 is 0 Å². The van der Waals surface area contributed by atoms with Crippen molar-refractivity contribution in [3.8, 4) is 11.5 Å². The van der Waals surface area contributed by atoms with Crippen molar-refractivity contribution < 1.29 is 9.47 Å². The van der Waals surface area contributed by atoms with Gasteiger partial charge in [0.05, 0.1) is 13.7 Å². The van der Waals surface area contributed by atoms with Crippen LogP contribution in [0.25, 0.3) is 0 Å². The molecule has 112 valence electrons. The van der Waals surface area contributed by atoms with Gasteiger partial charge in [-0.3, -0.25) is 0 Å². The van der Waals surface area contributed by atoms with Gasteiger partial charge in [0.25, 0.3) is 0 Å². The van der Waals surface area contributed by atoms with Crippen molar-refractivity contribution in [3.05, 3.63) is 18.2 Å². The molecular formula is C16H26N2O2. The summed E-state index contributed by atoms with van der Waals surface area (Å²) >= 11 is 0. The van der Waals surface area contributed by atoms with Gasteiger partial charge in [-0.25, -0.2) is 0 Å². The van der Waals surface area contributed by atoms with Crippen LogP contribution in [0, 0.1) is 0 Å². The van der Waals surface area contributed by atoms with Gasteiger partial charge in [0, 0.05) is 30.4 Å². The SMILES string of the molecule is CCOc1cc(NC2CCN(C)C(C)C2)ccc1OC. The third-order valence-electron chi connectivity index (χ3n) is 4.04. The topological polar surface area (TPSA) is 33.7 Å². The van der Waals surface area contributed by atoms with Gasteiger partial charge in [0.1, 0.15) is 0 Å². The number of ether oxygens (including phenoxy) is 2. The highest BCUT2D eigenvalue weighted by atomic mass is 16.5. The Hall–Kier alpha value is -1.42. The van der Waals surface area contributed by atoms with E-state index in [0.29, 0.717) is 18.7 Å². The maximum atomic E-state index is 5.62. The number of rotatable bonds is 5. The first-order chi connectivity index (χ1) is 9.63. The number of nitrogens with one attached hydrogen (secondary N) is 1. The van der Waals surface area contributed by atoms with E-state index in [0.717, 1.165) is 23.7 Å². The smallest absolute Gasteiger partial charge is 0.163 e. The Bertz CT molecular complexity index is 436. The molecule has 1 aliphatic rings. The first-order valence-corrected chi connectivity index (χ1v) is 7.41. The number of nitrogens with zero attached hydrogens (tertiary/aromatic N) is 1. The van der Waals surface area contributed by atoms with Gasteiger partial charge in [-0.15, -0.1) is 0 Å². The van der Waals surface area contributed by atoms with Crippen molar-refractivity contribution in [1.82, 2.24) is 4.90 Å². The molecule has 1 heterocycles. The summed E-state index contributed by atoms with van der Waals surface area (Å²) in [5.41, 5.74) is 1.11. The quantitative estimate of drug-likeness (QED) is 0.898. The lowest BCUT2D eigenvalue weighted by Crippen LogP contribution is -2.42. The van der Waals surface area contributed by atoms with Gasteiger partial charge in [-0.2, -0.15) is 0 Å². The molecule has 1 aliphatic heterocycles. The second kappa shape index (κ2) is 6.84. The zero-order valence-corrected chi connectivity index (χ0v) is 13.0. The predicted octanol–water partition coefficient (Wildman–Crippen LogP) is 2.99. The van der Waals surface area contributed by atoms with Crippen LogP contribution in [0.4, 0.5) is 5.69 Å². The predicted molar refractivity (Wildman–Crippen MR) is 82.9 cm³/mol. The lowest BCUT2D eigenvalue weighted by molar-refractivity contribution is 0.190. The summed E-state index contributed by atoms with van der Waals surface area (Å²) in [6, 6.07) is 7.22. The minimum atomic E-state index is 0.532. The van der Waals surface area contributed by atoms with E-state index in [1.54, 1.807) is 7.11 Å². The second-order valence-electron chi connectivity index (χ2n) is 5.49. The number of hydrogen-bond donors (Lipinski definition) is 1. The number of likely N-dealkylation sites (tertiary alicyclic amines) is 1. The average Bonchev–Trinajstić information content (AvgIpc) is 2.44. The summed E-state index contributed by atoms with van der Waals surface area (Å²) in [6.07, 6.45) is 2.35. The molecule has 0 aromatic heterocycles. The Morgan fingerprint density at radius 3 is 2.80 bits per heavy atom. The molecular weight excluding hydrogens is 252 g/mol. The van der Waals surface area contributed by atoms with E-state index in [1.807, 2.05) is 19.1 Å². The minimum absolute atomic E-state index is 0.532. The third kappa shape index (κ3) is 3.57. The Morgan fingerprint density at radius 1 is 1.35 bits per heavy atom. The summed E-state index contributed by atoms with van der Waals surface area (Å²) in [4.78, 5) is 2.41. The summed E-state index contributed by atoms with van der Waals surface area (Å²) < 4.78 is 10.9. The molecule has 4 heteroatoms. The molecule has 1 aromatic rings. The van der Waals surface area contributed by atoms with Crippen molar-refractivity contribution in [2.75, 3.05) is 32.6 Å². The van der Waals surface area contributed by atoms with Crippen LogP contribution in [0.3, 0.4) is 0 Å². The van der Waals surface area contributed by atoms with Crippen LogP contribution < -0.4 is 14.8 Å². The van der Waals surface area contributed by atoms with E-state index in [1.165, 1.54) is 12.8 Å². The van der Waals surface area contributed by atoms with Gasteiger partial charge in [0.15, 0.2) is 11.5 Å². The molecule has 0 amide bonds. The van der Waals surface area contributed by atoms with Crippen LogP contribution in [0.15, 0.2) is 18.2 Å². The molecule has 2 atom stereocenters. The fraction of sp³-hybridized carbons (Fsp3) is 0.625. The Labute approximate surface area is 122 Å². The van der Waals surface area contributed by atoms with Crippen molar-refractivity contribution in [1.29, 1.82) is 0 Å². The lowest BCUT2D eigenvalue weighted by Gasteiger charge is -2.35. The molecule has 2 unspecified atom stereocenters. The first-order valence-electron chi connectivity index (χ1n) is 7.41. The standard InChI is InChI=1S/C16H26N2O2/c1-5-20-16-11-13(6-7-15(16)19-4)17-14-8-9-18(3)12(2)10-14/h6-7,11-12,14,17H,5,8-10H2,1-4H3. The molecule has 1 aromatic carbocycles. The van der Waals surface area contributed by atoms with Gasteiger partial charge < -0.3 is 19.7 Å². The highest BCUT2D eigenvalue weighted by Gasteiger charge is 2.22. The molecule has 1 saturated heterocycles. The van der Waals surface area contributed by atoms with Crippen molar-refractivity contribution in [3.63, 3.8) is 0 Å². The zero-order valence-electron chi connectivity index (χ0n) is 13.0. The number of piperidine rings is 1. The van der Waals surface area contributed by atoms with Crippen molar-refractivity contribution in [2.24, 2.45) is 0 Å². The third-order valence-corrected chi connectivity index (χ3v) is 4.04. The van der Waals surface area contributed by atoms with E-state index in [9.17, 15) is 0 Å². The van der Waals surface area contributed by atoms with Gasteiger partial charge >= 0.3 is 0 Å². The van der Waals surface area contributed by atoms with Gasteiger partial charge in [-0.1, -0.05) is 0 Å². The summed E-state index contributed by atoms with van der Waals surface area (Å²) in [6.45, 7) is 6.06. The lowest BCUT2D eigenvalue weighted by atomic mass is 9.98. The molecule has 0 spiro atoms. The van der Waals surface area contributed by atoms with E-state index in [2.05, 4.69) is 30.3 Å². The molecule has 0 radical (unpaired) electrons. The molecule has 1 fully saturated rings. The zero-order chi connectivity index (χ0) is 14.5. The number of methoxy groups -OCH3 is 1. The summed E-state index contributed by atoms with van der Waals surface area (Å²) in [7, 11) is 3.87. The minimum Gasteiger partial charge on any atom is -0.493 e. The summed E-state index contributed by atoms with van der Waals surface area (Å²) in [5, 5.41) is 3.62. The second-order valence-corrected chi connectivity index (χ2v) is 5.49. The fourth-order valence-corrected chi connectivity index (χ4v) is 2.69. The Balaban J connectivity index is 2.04. The van der Waals surface area contributed by atoms with Crippen molar-refractivity contribution >= 4 is 5.69 Å². The maximum absolute atomic E-state index is 5.62. The van der Waals surface area contributed by atoms with E-state index in [-0.39, 0.29) is 0 Å². The molecule has 0 saturated carbocycles. The van der Waals surface area contributed by atoms with Crippen LogP contribution in [-0.2, 0) is 0 Å². The number of anilines is 1. The normalized spacial score (nSPS) is 23.4. The maximum Gasteiger partial charge on any atom is 0.163 e. The van der Waals surface area contributed by atoms with Crippen molar-refractivity contribution in [2.45, 2.75) is 38.8 Å².